The SMILES string of the molecule is Cc1ccc(CC(=O)Cc2ncc(-c3ccc(OC(C)C)cc3)nc2Cc2ccccc2)cc1. The minimum Gasteiger partial charge on any atom is -0.491 e. The van der Waals surface area contributed by atoms with E-state index in [1.807, 2.05) is 87.5 Å². The lowest BCUT2D eigenvalue weighted by Gasteiger charge is -2.12. The molecule has 0 saturated carbocycles. The predicted molar refractivity (Wildman–Crippen MR) is 136 cm³/mol. The summed E-state index contributed by atoms with van der Waals surface area (Å²) in [6.07, 6.45) is 3.18. The van der Waals surface area contributed by atoms with Crippen LogP contribution in [0, 0.1) is 6.92 Å². The minimum absolute atomic E-state index is 0.125. The van der Waals surface area contributed by atoms with Gasteiger partial charge in [-0.05, 0) is 56.2 Å². The maximum absolute atomic E-state index is 12.9. The molecule has 0 fully saturated rings. The Morgan fingerprint density at radius 2 is 1.53 bits per heavy atom. The zero-order valence-corrected chi connectivity index (χ0v) is 20.0. The standard InChI is InChI=1S/C30H30N2O2/c1-21(2)34-27-15-13-25(14-16-27)30-20-31-28(29(32-30)18-23-7-5-4-6-8-23)19-26(33)17-24-11-9-22(3)10-12-24/h4-16,20-21H,17-19H2,1-3H3. The number of aromatic nitrogens is 2. The zero-order chi connectivity index (χ0) is 23.9. The molecule has 4 aromatic rings. The van der Waals surface area contributed by atoms with Crippen molar-refractivity contribution in [1.82, 2.24) is 9.97 Å². The summed E-state index contributed by atoms with van der Waals surface area (Å²) in [5, 5.41) is 0. The zero-order valence-electron chi connectivity index (χ0n) is 20.0. The Labute approximate surface area is 201 Å². The van der Waals surface area contributed by atoms with Gasteiger partial charge in [-0.2, -0.15) is 0 Å². The van der Waals surface area contributed by atoms with Gasteiger partial charge in [-0.1, -0.05) is 60.2 Å². The molecule has 1 heterocycles. The molecule has 0 spiro atoms. The van der Waals surface area contributed by atoms with Gasteiger partial charge in [0.2, 0.25) is 0 Å². The highest BCUT2D eigenvalue weighted by Crippen LogP contribution is 2.23. The summed E-state index contributed by atoms with van der Waals surface area (Å²) in [6, 6.07) is 26.2. The molecule has 4 rings (SSSR count). The van der Waals surface area contributed by atoms with E-state index in [4.69, 9.17) is 14.7 Å². The van der Waals surface area contributed by atoms with Crippen molar-refractivity contribution in [3.63, 3.8) is 0 Å². The molecule has 0 unspecified atom stereocenters. The Hall–Kier alpha value is -3.79. The van der Waals surface area contributed by atoms with Gasteiger partial charge in [0.25, 0.3) is 0 Å². The van der Waals surface area contributed by atoms with Crippen LogP contribution in [0.2, 0.25) is 0 Å². The third kappa shape index (κ3) is 6.38. The number of ketones is 1. The van der Waals surface area contributed by atoms with E-state index in [0.717, 1.165) is 39.5 Å². The van der Waals surface area contributed by atoms with Gasteiger partial charge >= 0.3 is 0 Å². The van der Waals surface area contributed by atoms with Gasteiger partial charge in [0.05, 0.1) is 35.8 Å². The molecule has 0 amide bonds. The summed E-state index contributed by atoms with van der Waals surface area (Å²) in [7, 11) is 0. The fourth-order valence-electron chi connectivity index (χ4n) is 3.83. The molecule has 4 nitrogen and oxygen atoms in total. The van der Waals surface area contributed by atoms with Crippen LogP contribution in [-0.4, -0.2) is 21.9 Å². The molecule has 0 radical (unpaired) electrons. The van der Waals surface area contributed by atoms with Crippen molar-refractivity contribution < 1.29 is 9.53 Å². The van der Waals surface area contributed by atoms with Crippen LogP contribution in [0.25, 0.3) is 11.3 Å². The van der Waals surface area contributed by atoms with Crippen molar-refractivity contribution >= 4 is 5.78 Å². The van der Waals surface area contributed by atoms with Crippen molar-refractivity contribution in [2.24, 2.45) is 0 Å². The van der Waals surface area contributed by atoms with Crippen LogP contribution < -0.4 is 4.74 Å². The molecule has 4 heteroatoms. The van der Waals surface area contributed by atoms with Crippen molar-refractivity contribution in [2.75, 3.05) is 0 Å². The number of nitrogens with zero attached hydrogens (tertiary/aromatic N) is 2. The molecule has 34 heavy (non-hydrogen) atoms. The Balaban J connectivity index is 1.58. The summed E-state index contributed by atoms with van der Waals surface area (Å²) in [6.45, 7) is 6.06. The summed E-state index contributed by atoms with van der Waals surface area (Å²) in [5.41, 5.74) is 6.68. The third-order valence-corrected chi connectivity index (χ3v) is 5.55. The fraction of sp³-hybridized carbons (Fsp3) is 0.233. The van der Waals surface area contributed by atoms with Crippen LogP contribution in [0.3, 0.4) is 0 Å². The second-order valence-electron chi connectivity index (χ2n) is 8.88. The monoisotopic (exact) mass is 450 g/mol. The highest BCUT2D eigenvalue weighted by atomic mass is 16.5. The molecule has 3 aromatic carbocycles. The number of Topliss-reactive ketones (excluding diaryl/α,β-unsaturated/α-hetero) is 1. The highest BCUT2D eigenvalue weighted by Gasteiger charge is 2.14. The van der Waals surface area contributed by atoms with Crippen LogP contribution in [0.4, 0.5) is 0 Å². The lowest BCUT2D eigenvalue weighted by atomic mass is 10.0. The number of carbonyl (C=O) groups excluding carboxylic acids is 1. The smallest absolute Gasteiger partial charge is 0.143 e. The first-order valence-corrected chi connectivity index (χ1v) is 11.7. The number of carbonyl (C=O) groups is 1. The van der Waals surface area contributed by atoms with Gasteiger partial charge in [0.15, 0.2) is 0 Å². The summed E-state index contributed by atoms with van der Waals surface area (Å²) < 4.78 is 5.75. The van der Waals surface area contributed by atoms with Gasteiger partial charge < -0.3 is 4.74 Å². The van der Waals surface area contributed by atoms with E-state index in [1.54, 1.807) is 6.20 Å². The van der Waals surface area contributed by atoms with E-state index in [2.05, 4.69) is 12.1 Å². The number of hydrogen-bond donors (Lipinski definition) is 0. The van der Waals surface area contributed by atoms with Crippen LogP contribution in [-0.2, 0) is 24.1 Å². The second-order valence-corrected chi connectivity index (χ2v) is 8.88. The molecule has 0 bridgehead atoms. The Bertz CT molecular complexity index is 1230. The van der Waals surface area contributed by atoms with Gasteiger partial charge in [0.1, 0.15) is 11.5 Å². The molecule has 0 saturated heterocycles. The third-order valence-electron chi connectivity index (χ3n) is 5.55. The number of benzene rings is 3. The van der Waals surface area contributed by atoms with E-state index in [1.165, 1.54) is 5.56 Å². The molecular formula is C30H30N2O2. The maximum atomic E-state index is 12.9. The van der Waals surface area contributed by atoms with Crippen LogP contribution >= 0.6 is 0 Å². The summed E-state index contributed by atoms with van der Waals surface area (Å²) in [4.78, 5) is 22.5. The maximum Gasteiger partial charge on any atom is 0.143 e. The lowest BCUT2D eigenvalue weighted by molar-refractivity contribution is -0.117. The Morgan fingerprint density at radius 3 is 2.21 bits per heavy atom. The van der Waals surface area contributed by atoms with Crippen molar-refractivity contribution in [3.8, 4) is 17.0 Å². The van der Waals surface area contributed by atoms with Crippen LogP contribution in [0.15, 0.2) is 85.1 Å². The lowest BCUT2D eigenvalue weighted by Crippen LogP contribution is -2.12. The molecule has 0 aliphatic carbocycles. The van der Waals surface area contributed by atoms with Gasteiger partial charge in [0, 0.05) is 18.4 Å². The highest BCUT2D eigenvalue weighted by molar-refractivity contribution is 5.83. The largest absolute Gasteiger partial charge is 0.491 e. The van der Waals surface area contributed by atoms with Gasteiger partial charge in [-0.3, -0.25) is 9.78 Å². The topological polar surface area (TPSA) is 52.1 Å². The quantitative estimate of drug-likeness (QED) is 0.305. The number of hydrogen-bond acceptors (Lipinski definition) is 4. The van der Waals surface area contributed by atoms with Crippen LogP contribution in [0.5, 0.6) is 5.75 Å². The number of rotatable bonds is 9. The Kier molecular flexibility index (Phi) is 7.48. The molecule has 172 valence electrons. The molecule has 1 aromatic heterocycles. The summed E-state index contributed by atoms with van der Waals surface area (Å²) >= 11 is 0. The number of ether oxygens (including phenoxy) is 1. The van der Waals surface area contributed by atoms with E-state index in [0.29, 0.717) is 12.8 Å². The molecule has 0 atom stereocenters. The first-order chi connectivity index (χ1) is 16.5. The normalized spacial score (nSPS) is 10.9. The minimum atomic E-state index is 0.125. The molecule has 0 aliphatic heterocycles. The van der Waals surface area contributed by atoms with E-state index >= 15 is 0 Å². The van der Waals surface area contributed by atoms with Crippen molar-refractivity contribution in [2.45, 2.75) is 46.1 Å². The molecule has 0 aliphatic rings. The average molecular weight is 451 g/mol. The van der Waals surface area contributed by atoms with Crippen molar-refractivity contribution in [3.05, 3.63) is 113 Å². The average Bonchev–Trinajstić information content (AvgIpc) is 2.82. The van der Waals surface area contributed by atoms with Crippen molar-refractivity contribution in [1.29, 1.82) is 0 Å². The predicted octanol–water partition coefficient (Wildman–Crippen LogP) is 6.18. The first kappa shape index (κ1) is 23.4. The molecule has 0 N–H and O–H groups in total. The fourth-order valence-corrected chi connectivity index (χ4v) is 3.83. The summed E-state index contributed by atoms with van der Waals surface area (Å²) in [5.74, 6) is 0.963. The van der Waals surface area contributed by atoms with Gasteiger partial charge in [-0.15, -0.1) is 0 Å². The van der Waals surface area contributed by atoms with Gasteiger partial charge in [-0.25, -0.2) is 4.98 Å². The molecular weight excluding hydrogens is 420 g/mol. The Morgan fingerprint density at radius 1 is 0.824 bits per heavy atom. The van der Waals surface area contributed by atoms with E-state index in [9.17, 15) is 4.79 Å². The number of aryl methyl sites for hydroxylation is 1. The second kappa shape index (κ2) is 10.9. The van der Waals surface area contributed by atoms with E-state index in [-0.39, 0.29) is 18.3 Å². The first-order valence-electron chi connectivity index (χ1n) is 11.7. The van der Waals surface area contributed by atoms with Crippen LogP contribution in [0.1, 0.15) is 41.9 Å². The van der Waals surface area contributed by atoms with E-state index < -0.39 is 0 Å².